The lowest BCUT2D eigenvalue weighted by molar-refractivity contribution is 0.359. The van der Waals surface area contributed by atoms with Crippen molar-refractivity contribution in [2.75, 3.05) is 20.1 Å². The quantitative estimate of drug-likeness (QED) is 0.528. The number of rotatable bonds is 3. The zero-order chi connectivity index (χ0) is 21.7. The van der Waals surface area contributed by atoms with Gasteiger partial charge in [0.05, 0.1) is 29.1 Å². The van der Waals surface area contributed by atoms with Gasteiger partial charge in [0.25, 0.3) is 5.56 Å². The predicted octanol–water partition coefficient (Wildman–Crippen LogP) is 4.29. The highest BCUT2D eigenvalue weighted by Gasteiger charge is 2.21. The van der Waals surface area contributed by atoms with E-state index >= 15 is 0 Å². The molecule has 1 saturated carbocycles. The summed E-state index contributed by atoms with van der Waals surface area (Å²) in [5.74, 6) is 0. The molecule has 4 aromatic rings. The molecule has 7 nitrogen and oxygen atoms in total. The van der Waals surface area contributed by atoms with E-state index < -0.39 is 0 Å². The zero-order valence-corrected chi connectivity index (χ0v) is 18.4. The van der Waals surface area contributed by atoms with Crippen LogP contribution in [0.5, 0.6) is 0 Å². The monoisotopic (exact) mass is 428 g/mol. The molecule has 1 N–H and O–H groups in total. The van der Waals surface area contributed by atoms with E-state index in [1.54, 1.807) is 0 Å². The number of fused-ring (bicyclic) bond motifs is 2. The molecule has 0 spiro atoms. The minimum Gasteiger partial charge on any atom is -0.327 e. The Kier molecular flexibility index (Phi) is 4.72. The van der Waals surface area contributed by atoms with Crippen molar-refractivity contribution in [3.8, 4) is 5.69 Å². The van der Waals surface area contributed by atoms with E-state index in [1.165, 1.54) is 49.5 Å². The lowest BCUT2D eigenvalue weighted by Gasteiger charge is -2.23. The smallest absolute Gasteiger partial charge is 0.260 e. The largest absolute Gasteiger partial charge is 0.327 e. The first kappa shape index (κ1) is 19.5. The summed E-state index contributed by atoms with van der Waals surface area (Å²) in [6.45, 7) is 1.88. The van der Waals surface area contributed by atoms with E-state index in [-0.39, 0.29) is 5.56 Å². The molecule has 1 aromatic carbocycles. The molecule has 0 radical (unpaired) electrons. The van der Waals surface area contributed by atoms with Gasteiger partial charge in [-0.3, -0.25) is 4.79 Å². The van der Waals surface area contributed by atoms with Gasteiger partial charge in [0.2, 0.25) is 0 Å². The predicted molar refractivity (Wildman–Crippen MR) is 127 cm³/mol. The summed E-state index contributed by atoms with van der Waals surface area (Å²) in [6, 6.07) is 6.96. The summed E-state index contributed by atoms with van der Waals surface area (Å²) in [5.41, 5.74) is 5.94. The molecule has 7 heteroatoms. The second-order valence-electron chi connectivity index (χ2n) is 9.20. The Balaban J connectivity index is 1.47. The Bertz CT molecular complexity index is 1380. The van der Waals surface area contributed by atoms with Crippen molar-refractivity contribution >= 4 is 27.6 Å². The first-order valence-electron chi connectivity index (χ1n) is 11.6. The molecule has 1 aliphatic heterocycles. The van der Waals surface area contributed by atoms with Crippen LogP contribution in [0.1, 0.15) is 50.1 Å². The van der Waals surface area contributed by atoms with Gasteiger partial charge in [-0.25, -0.2) is 9.97 Å². The Morgan fingerprint density at radius 3 is 2.81 bits per heavy atom. The van der Waals surface area contributed by atoms with Crippen LogP contribution in [0.2, 0.25) is 0 Å². The topological polar surface area (TPSA) is 71.7 Å². The normalized spacial score (nSPS) is 18.5. The summed E-state index contributed by atoms with van der Waals surface area (Å²) >= 11 is 0. The number of aromatic nitrogens is 5. The van der Waals surface area contributed by atoms with E-state index in [2.05, 4.69) is 57.0 Å². The van der Waals surface area contributed by atoms with Gasteiger partial charge in [0, 0.05) is 36.6 Å². The van der Waals surface area contributed by atoms with Crippen molar-refractivity contribution in [2.24, 2.45) is 0 Å². The maximum atomic E-state index is 12.8. The van der Waals surface area contributed by atoms with Gasteiger partial charge in [-0.05, 0) is 50.1 Å². The first-order chi connectivity index (χ1) is 15.7. The maximum Gasteiger partial charge on any atom is 0.260 e. The molecule has 6 rings (SSSR count). The Labute approximate surface area is 186 Å². The van der Waals surface area contributed by atoms with Crippen LogP contribution in [0, 0.1) is 0 Å². The van der Waals surface area contributed by atoms with Crippen LogP contribution in [-0.4, -0.2) is 49.1 Å². The summed E-state index contributed by atoms with van der Waals surface area (Å²) in [7, 11) is 2.12. The number of imidazole rings is 1. The molecule has 32 heavy (non-hydrogen) atoms. The van der Waals surface area contributed by atoms with Crippen molar-refractivity contribution in [3.05, 3.63) is 59.0 Å². The van der Waals surface area contributed by atoms with Crippen LogP contribution >= 0.6 is 0 Å². The third-order valence-corrected chi connectivity index (χ3v) is 7.15. The minimum atomic E-state index is -0.0915. The average Bonchev–Trinajstić information content (AvgIpc) is 3.42. The number of H-pyrrole nitrogens is 1. The summed E-state index contributed by atoms with van der Waals surface area (Å²) in [5, 5.41) is 0.663. The molecule has 0 bridgehead atoms. The van der Waals surface area contributed by atoms with Gasteiger partial charge < -0.3 is 19.0 Å². The molecule has 4 heterocycles. The number of nitrogens with zero attached hydrogens (tertiary/aromatic N) is 5. The Hall–Kier alpha value is -3.19. The third-order valence-electron chi connectivity index (χ3n) is 7.15. The van der Waals surface area contributed by atoms with Gasteiger partial charge >= 0.3 is 0 Å². The number of benzene rings is 1. The van der Waals surface area contributed by atoms with Crippen LogP contribution in [0.15, 0.2) is 47.9 Å². The molecule has 0 amide bonds. The zero-order valence-electron chi connectivity index (χ0n) is 18.4. The molecule has 0 saturated heterocycles. The Morgan fingerprint density at radius 2 is 2.00 bits per heavy atom. The van der Waals surface area contributed by atoms with E-state index in [9.17, 15) is 4.79 Å². The highest BCUT2D eigenvalue weighted by molar-refractivity contribution is 5.92. The van der Waals surface area contributed by atoms with Gasteiger partial charge in [0.15, 0.2) is 5.65 Å². The van der Waals surface area contributed by atoms with Crippen LogP contribution in [0.25, 0.3) is 33.3 Å². The van der Waals surface area contributed by atoms with Gasteiger partial charge in [-0.15, -0.1) is 0 Å². The average molecular weight is 429 g/mol. The van der Waals surface area contributed by atoms with Crippen LogP contribution in [0.4, 0.5) is 0 Å². The third kappa shape index (κ3) is 3.19. The van der Waals surface area contributed by atoms with E-state index in [0.717, 1.165) is 36.3 Å². The molecular formula is C25H28N6O. The molecular weight excluding hydrogens is 400 g/mol. The molecule has 0 unspecified atom stereocenters. The standard InChI is InChI=1S/C25H28N6O/c1-29-11-9-17(10-12-29)20-14-30(24-23(20)25(32)27-15-26-24)19-7-8-22-21(13-19)28-16-31(22)18-5-3-2-4-6-18/h7-9,13-16,18H,2-6,10-12H2,1H3,(H,26,27,32). The van der Waals surface area contributed by atoms with E-state index in [4.69, 9.17) is 4.98 Å². The molecule has 1 aliphatic carbocycles. The highest BCUT2D eigenvalue weighted by Crippen LogP contribution is 2.33. The fraction of sp³-hybridized carbons (Fsp3) is 0.400. The summed E-state index contributed by atoms with van der Waals surface area (Å²) in [4.78, 5) is 27.1. The summed E-state index contributed by atoms with van der Waals surface area (Å²) in [6.07, 6.45) is 15.1. The lowest BCUT2D eigenvalue weighted by Crippen LogP contribution is -2.23. The SMILES string of the molecule is CN1CC=C(c2cn(-c3ccc4c(c3)ncn4C3CCCCC3)c3nc[nH]c(=O)c23)CC1. The molecule has 3 aromatic heterocycles. The van der Waals surface area contributed by atoms with Crippen LogP contribution < -0.4 is 5.56 Å². The van der Waals surface area contributed by atoms with Crippen molar-refractivity contribution in [1.82, 2.24) is 29.0 Å². The van der Waals surface area contributed by atoms with Crippen LogP contribution in [0.3, 0.4) is 0 Å². The van der Waals surface area contributed by atoms with Crippen LogP contribution in [-0.2, 0) is 0 Å². The molecule has 0 atom stereocenters. The number of hydrogen-bond acceptors (Lipinski definition) is 4. The molecule has 164 valence electrons. The summed E-state index contributed by atoms with van der Waals surface area (Å²) < 4.78 is 4.39. The van der Waals surface area contributed by atoms with Gasteiger partial charge in [-0.2, -0.15) is 0 Å². The highest BCUT2D eigenvalue weighted by atomic mass is 16.1. The maximum absolute atomic E-state index is 12.8. The van der Waals surface area contributed by atoms with E-state index in [1.807, 2.05) is 10.9 Å². The van der Waals surface area contributed by atoms with Crippen molar-refractivity contribution < 1.29 is 0 Å². The van der Waals surface area contributed by atoms with Crippen molar-refractivity contribution in [2.45, 2.75) is 44.6 Å². The molecule has 2 aliphatic rings. The lowest BCUT2D eigenvalue weighted by atomic mass is 9.95. The Morgan fingerprint density at radius 1 is 1.12 bits per heavy atom. The fourth-order valence-corrected chi connectivity index (χ4v) is 5.35. The first-order valence-corrected chi connectivity index (χ1v) is 11.6. The minimum absolute atomic E-state index is 0.0915. The second-order valence-corrected chi connectivity index (χ2v) is 9.20. The van der Waals surface area contributed by atoms with E-state index in [0.29, 0.717) is 17.1 Å². The van der Waals surface area contributed by atoms with Gasteiger partial charge in [0.1, 0.15) is 0 Å². The van der Waals surface area contributed by atoms with Crippen molar-refractivity contribution in [1.29, 1.82) is 0 Å². The van der Waals surface area contributed by atoms with Crippen molar-refractivity contribution in [3.63, 3.8) is 0 Å². The second kappa shape index (κ2) is 7.74. The molecule has 1 fully saturated rings. The number of likely N-dealkylation sites (N-methyl/N-ethyl adjacent to an activating group) is 1. The number of hydrogen-bond donors (Lipinski definition) is 1. The van der Waals surface area contributed by atoms with Gasteiger partial charge in [-0.1, -0.05) is 25.3 Å². The number of nitrogens with one attached hydrogen (secondary N) is 1. The fourth-order valence-electron chi connectivity index (χ4n) is 5.35. The number of aromatic amines is 1.